The molecule has 4 rings (SSSR count). The van der Waals surface area contributed by atoms with Crippen LogP contribution in [0.25, 0.3) is 22.5 Å². The summed E-state index contributed by atoms with van der Waals surface area (Å²) in [4.78, 5) is 12.7. The Hall–Kier alpha value is -3.33. The second kappa shape index (κ2) is 9.66. The van der Waals surface area contributed by atoms with E-state index in [1.807, 2.05) is 30.3 Å². The topological polar surface area (TPSA) is 111 Å². The van der Waals surface area contributed by atoms with Crippen LogP contribution in [0.15, 0.2) is 104 Å². The van der Waals surface area contributed by atoms with Crippen LogP contribution in [-0.2, 0) is 16.4 Å². The first-order valence-electron chi connectivity index (χ1n) is 10.1. The van der Waals surface area contributed by atoms with Crippen molar-refractivity contribution in [1.29, 1.82) is 0 Å². The molecule has 8 heteroatoms. The average Bonchev–Trinajstić information content (AvgIpc) is 2.81. The molecule has 0 aliphatic rings. The lowest BCUT2D eigenvalue weighted by molar-refractivity contribution is 0.430. The number of hydrogen-bond donors (Lipinski definition) is 2. The number of aryl methyl sites for hydroxylation is 1. The van der Waals surface area contributed by atoms with Gasteiger partial charge in [-0.1, -0.05) is 72.8 Å². The van der Waals surface area contributed by atoms with Crippen molar-refractivity contribution in [2.75, 3.05) is 5.75 Å². The van der Waals surface area contributed by atoms with Gasteiger partial charge in [-0.2, -0.15) is 0 Å². The van der Waals surface area contributed by atoms with Gasteiger partial charge in [-0.3, -0.25) is 0 Å². The van der Waals surface area contributed by atoms with Crippen molar-refractivity contribution >= 4 is 21.8 Å². The van der Waals surface area contributed by atoms with Crippen molar-refractivity contribution in [2.45, 2.75) is 16.2 Å². The first kappa shape index (κ1) is 22.8. The van der Waals surface area contributed by atoms with Gasteiger partial charge >= 0.3 is 5.63 Å². The van der Waals surface area contributed by atoms with E-state index < -0.39 is 15.6 Å². The number of sulfonamides is 1. The van der Waals surface area contributed by atoms with E-state index in [-0.39, 0.29) is 21.3 Å². The van der Waals surface area contributed by atoms with Gasteiger partial charge in [0, 0.05) is 22.9 Å². The lowest BCUT2D eigenvalue weighted by Crippen LogP contribution is -2.14. The van der Waals surface area contributed by atoms with Gasteiger partial charge in [-0.05, 0) is 23.6 Å². The van der Waals surface area contributed by atoms with E-state index in [4.69, 9.17) is 9.56 Å². The zero-order valence-corrected chi connectivity index (χ0v) is 19.1. The molecule has 0 saturated carbocycles. The van der Waals surface area contributed by atoms with Gasteiger partial charge in [-0.15, -0.1) is 11.8 Å². The summed E-state index contributed by atoms with van der Waals surface area (Å²) in [5.41, 5.74) is 1.65. The molecule has 0 spiro atoms. The summed E-state index contributed by atoms with van der Waals surface area (Å²) in [7, 11) is -4.07. The van der Waals surface area contributed by atoms with Crippen LogP contribution in [0.2, 0.25) is 0 Å². The predicted molar refractivity (Wildman–Crippen MR) is 130 cm³/mol. The monoisotopic (exact) mass is 479 g/mol. The van der Waals surface area contributed by atoms with Crippen molar-refractivity contribution in [1.82, 2.24) is 0 Å². The number of rotatable bonds is 7. The molecule has 0 saturated heterocycles. The van der Waals surface area contributed by atoms with E-state index in [1.165, 1.54) is 30.0 Å². The highest BCUT2D eigenvalue weighted by Crippen LogP contribution is 2.38. The molecular weight excluding hydrogens is 458 g/mol. The van der Waals surface area contributed by atoms with E-state index in [0.717, 1.165) is 12.0 Å². The Labute approximate surface area is 195 Å². The van der Waals surface area contributed by atoms with Crippen molar-refractivity contribution in [3.05, 3.63) is 101 Å². The molecule has 1 heterocycles. The van der Waals surface area contributed by atoms with Crippen LogP contribution in [0.1, 0.15) is 5.56 Å². The maximum atomic E-state index is 12.7. The minimum absolute atomic E-state index is 0.0502. The summed E-state index contributed by atoms with van der Waals surface area (Å²) in [6, 6.07) is 24.5. The van der Waals surface area contributed by atoms with Crippen LogP contribution >= 0.6 is 11.8 Å². The van der Waals surface area contributed by atoms with Crippen LogP contribution in [0, 0.1) is 0 Å². The standard InChI is InChI=1S/C25H21NO5S2/c26-33(29,30)22-13-7-12-19(23(22)18-10-5-2-6-11-18)21-16-20(27)24(25(28)31-21)32-15-14-17-8-3-1-4-9-17/h1-13,16,27H,14-15H2,(H2,26,29,30). The molecule has 0 bridgehead atoms. The summed E-state index contributed by atoms with van der Waals surface area (Å²) in [5, 5.41) is 16.1. The van der Waals surface area contributed by atoms with Gasteiger partial charge in [0.25, 0.3) is 0 Å². The fourth-order valence-corrected chi connectivity index (χ4v) is 5.22. The highest BCUT2D eigenvalue weighted by atomic mass is 32.2. The molecule has 0 aliphatic carbocycles. The number of primary sulfonamides is 1. The van der Waals surface area contributed by atoms with Crippen molar-refractivity contribution in [3.8, 4) is 28.2 Å². The molecule has 0 radical (unpaired) electrons. The number of thioether (sulfide) groups is 1. The molecule has 4 aromatic rings. The molecule has 0 aliphatic heterocycles. The van der Waals surface area contributed by atoms with Gasteiger partial charge < -0.3 is 9.52 Å². The van der Waals surface area contributed by atoms with Crippen LogP contribution in [0.3, 0.4) is 0 Å². The Balaban J connectivity index is 1.73. The second-order valence-corrected chi connectivity index (χ2v) is 9.92. The molecular formula is C25H21NO5S2. The number of nitrogens with two attached hydrogens (primary N) is 1. The lowest BCUT2D eigenvalue weighted by atomic mass is 9.98. The molecule has 3 aromatic carbocycles. The Kier molecular flexibility index (Phi) is 6.69. The Morgan fingerprint density at radius 2 is 1.58 bits per heavy atom. The number of aromatic hydroxyl groups is 1. The van der Waals surface area contributed by atoms with Gasteiger partial charge in [0.1, 0.15) is 16.4 Å². The Morgan fingerprint density at radius 1 is 0.909 bits per heavy atom. The maximum absolute atomic E-state index is 12.7. The molecule has 6 nitrogen and oxygen atoms in total. The third-order valence-corrected chi connectivity index (χ3v) is 7.06. The van der Waals surface area contributed by atoms with Gasteiger partial charge in [0.05, 0.1) is 4.90 Å². The molecule has 0 amide bonds. The summed E-state index contributed by atoms with van der Waals surface area (Å²) in [6.07, 6.45) is 0.723. The minimum Gasteiger partial charge on any atom is -0.506 e. The Morgan fingerprint density at radius 3 is 2.21 bits per heavy atom. The summed E-state index contributed by atoms with van der Waals surface area (Å²) < 4.78 is 30.1. The fourth-order valence-electron chi connectivity index (χ4n) is 3.53. The van der Waals surface area contributed by atoms with Gasteiger partial charge in [-0.25, -0.2) is 18.4 Å². The summed E-state index contributed by atoms with van der Waals surface area (Å²) in [5.74, 6) is 0.409. The van der Waals surface area contributed by atoms with E-state index in [2.05, 4.69) is 0 Å². The zero-order chi connectivity index (χ0) is 23.4. The first-order valence-corrected chi connectivity index (χ1v) is 12.6. The fraction of sp³-hybridized carbons (Fsp3) is 0.0800. The van der Waals surface area contributed by atoms with Crippen LogP contribution in [0.5, 0.6) is 5.75 Å². The predicted octanol–water partition coefficient (Wildman–Crippen LogP) is 4.66. The Bertz CT molecular complexity index is 1430. The van der Waals surface area contributed by atoms with E-state index in [0.29, 0.717) is 22.4 Å². The molecule has 3 N–H and O–H groups in total. The molecule has 0 fully saturated rings. The molecule has 33 heavy (non-hydrogen) atoms. The summed E-state index contributed by atoms with van der Waals surface area (Å²) in [6.45, 7) is 0. The quantitative estimate of drug-likeness (QED) is 0.373. The van der Waals surface area contributed by atoms with Crippen molar-refractivity contribution in [2.24, 2.45) is 5.14 Å². The van der Waals surface area contributed by atoms with Crippen molar-refractivity contribution in [3.63, 3.8) is 0 Å². The average molecular weight is 480 g/mol. The first-order chi connectivity index (χ1) is 15.8. The molecule has 1 aromatic heterocycles. The van der Waals surface area contributed by atoms with Crippen LogP contribution in [0.4, 0.5) is 0 Å². The zero-order valence-electron chi connectivity index (χ0n) is 17.5. The van der Waals surface area contributed by atoms with E-state index in [9.17, 15) is 18.3 Å². The molecule has 0 atom stereocenters. The van der Waals surface area contributed by atoms with E-state index >= 15 is 0 Å². The van der Waals surface area contributed by atoms with Gasteiger partial charge in [0.15, 0.2) is 0 Å². The minimum atomic E-state index is -4.07. The highest BCUT2D eigenvalue weighted by Gasteiger charge is 2.22. The molecule has 0 unspecified atom stereocenters. The lowest BCUT2D eigenvalue weighted by Gasteiger charge is -2.14. The van der Waals surface area contributed by atoms with Crippen LogP contribution < -0.4 is 10.8 Å². The SMILES string of the molecule is NS(=O)(=O)c1cccc(-c2cc(O)c(SCCc3ccccc3)c(=O)o2)c1-c1ccccc1. The largest absolute Gasteiger partial charge is 0.506 e. The maximum Gasteiger partial charge on any atom is 0.353 e. The molecule has 168 valence electrons. The summed E-state index contributed by atoms with van der Waals surface area (Å²) >= 11 is 1.21. The van der Waals surface area contributed by atoms with Crippen molar-refractivity contribution < 1.29 is 17.9 Å². The number of hydrogen-bond acceptors (Lipinski definition) is 6. The van der Waals surface area contributed by atoms with Gasteiger partial charge in [0.2, 0.25) is 10.0 Å². The number of benzene rings is 3. The normalized spacial score (nSPS) is 11.4. The highest BCUT2D eigenvalue weighted by molar-refractivity contribution is 7.99. The van der Waals surface area contributed by atoms with E-state index in [1.54, 1.807) is 36.4 Å². The second-order valence-electron chi connectivity index (χ2n) is 7.29. The van der Waals surface area contributed by atoms with Crippen LogP contribution in [-0.4, -0.2) is 19.3 Å². The third kappa shape index (κ3) is 5.19. The smallest absolute Gasteiger partial charge is 0.353 e. The third-order valence-electron chi connectivity index (χ3n) is 5.03.